The minimum absolute atomic E-state index is 0.0261. The van der Waals surface area contributed by atoms with Gasteiger partial charge in [0.2, 0.25) is 0 Å². The average molecular weight is 316 g/mol. The summed E-state index contributed by atoms with van der Waals surface area (Å²) in [6.07, 6.45) is 1.09. The van der Waals surface area contributed by atoms with Gasteiger partial charge in [0, 0.05) is 12.2 Å². The van der Waals surface area contributed by atoms with E-state index in [4.69, 9.17) is 20.6 Å². The van der Waals surface area contributed by atoms with Crippen LogP contribution >= 0.6 is 11.8 Å². The van der Waals surface area contributed by atoms with Gasteiger partial charge in [-0.2, -0.15) is 0 Å². The van der Waals surface area contributed by atoms with Crippen LogP contribution in [0.25, 0.3) is 0 Å². The number of nitrogens with two attached hydrogens (primary N) is 1. The van der Waals surface area contributed by atoms with E-state index in [0.717, 1.165) is 18.2 Å². The Bertz CT molecular complexity index is 414. The van der Waals surface area contributed by atoms with Crippen LogP contribution in [0.4, 0.5) is 0 Å². The maximum Gasteiger partial charge on any atom is 0.323 e. The van der Waals surface area contributed by atoms with Crippen LogP contribution in [0.15, 0.2) is 0 Å². The Labute approximate surface area is 129 Å². The molecule has 2 atom stereocenters. The van der Waals surface area contributed by atoms with Gasteiger partial charge in [-0.05, 0) is 25.7 Å². The molecule has 0 aliphatic carbocycles. The fourth-order valence-electron chi connectivity index (χ4n) is 2.33. The van der Waals surface area contributed by atoms with Gasteiger partial charge in [0.05, 0.1) is 6.61 Å². The van der Waals surface area contributed by atoms with Gasteiger partial charge in [-0.15, -0.1) is 0 Å². The van der Waals surface area contributed by atoms with Crippen molar-refractivity contribution in [2.24, 2.45) is 17.1 Å². The molecule has 1 rings (SSSR count). The third kappa shape index (κ3) is 4.62. The number of ether oxygens (including phenoxy) is 2. The molecule has 0 spiro atoms. The minimum Gasteiger partial charge on any atom is -0.465 e. The van der Waals surface area contributed by atoms with Crippen LogP contribution in [-0.4, -0.2) is 35.6 Å². The standard InChI is InChI=1S/C14H24N2O4S/c1-4-19-11(17)14(6-5-9(2)3)7-10(20-12(14)18)8-21-13(15)16/h9-10H,4-8H2,1-3H3,(H3,15,16). The van der Waals surface area contributed by atoms with Crippen LogP contribution in [0.1, 0.15) is 40.0 Å². The maximum absolute atomic E-state index is 12.3. The molecule has 1 saturated heterocycles. The average Bonchev–Trinajstić information content (AvgIpc) is 2.72. The zero-order valence-electron chi connectivity index (χ0n) is 12.8. The molecule has 2 unspecified atom stereocenters. The Morgan fingerprint density at radius 1 is 1.62 bits per heavy atom. The lowest BCUT2D eigenvalue weighted by Gasteiger charge is -2.23. The van der Waals surface area contributed by atoms with Gasteiger partial charge in [0.25, 0.3) is 0 Å². The van der Waals surface area contributed by atoms with Gasteiger partial charge in [-0.1, -0.05) is 25.6 Å². The molecular formula is C14H24N2O4S. The molecule has 0 aromatic heterocycles. The van der Waals surface area contributed by atoms with Crippen molar-refractivity contribution in [3.63, 3.8) is 0 Å². The van der Waals surface area contributed by atoms with E-state index in [1.807, 2.05) is 13.8 Å². The largest absolute Gasteiger partial charge is 0.465 e. The fourth-order valence-corrected chi connectivity index (χ4v) is 2.88. The van der Waals surface area contributed by atoms with Crippen molar-refractivity contribution < 1.29 is 19.1 Å². The predicted molar refractivity (Wildman–Crippen MR) is 82.0 cm³/mol. The Hall–Kier alpha value is -1.24. The second-order valence-corrected chi connectivity index (χ2v) is 6.70. The van der Waals surface area contributed by atoms with Crippen molar-refractivity contribution in [1.29, 1.82) is 5.41 Å². The molecule has 0 aromatic carbocycles. The Morgan fingerprint density at radius 3 is 2.81 bits per heavy atom. The van der Waals surface area contributed by atoms with Crippen LogP contribution < -0.4 is 5.73 Å². The summed E-state index contributed by atoms with van der Waals surface area (Å²) in [4.78, 5) is 24.5. The van der Waals surface area contributed by atoms with E-state index in [0.29, 0.717) is 24.5 Å². The first-order valence-corrected chi connectivity index (χ1v) is 8.15. The highest BCUT2D eigenvalue weighted by Crippen LogP contribution is 2.41. The molecule has 0 saturated carbocycles. The number of thioether (sulfide) groups is 1. The summed E-state index contributed by atoms with van der Waals surface area (Å²) < 4.78 is 10.4. The number of rotatable bonds is 7. The molecule has 3 N–H and O–H groups in total. The van der Waals surface area contributed by atoms with Gasteiger partial charge in [0.1, 0.15) is 6.10 Å². The second-order valence-electron chi connectivity index (χ2n) is 5.64. The Morgan fingerprint density at radius 2 is 2.29 bits per heavy atom. The van der Waals surface area contributed by atoms with E-state index < -0.39 is 23.5 Å². The number of carbonyl (C=O) groups excluding carboxylic acids is 2. The summed E-state index contributed by atoms with van der Waals surface area (Å²) in [7, 11) is 0. The quantitative estimate of drug-likeness (QED) is 0.322. The third-order valence-corrected chi connectivity index (χ3v) is 4.33. The number of cyclic esters (lactones) is 1. The van der Waals surface area contributed by atoms with E-state index in [1.165, 1.54) is 0 Å². The smallest absolute Gasteiger partial charge is 0.323 e. The molecule has 6 nitrogen and oxygen atoms in total. The summed E-state index contributed by atoms with van der Waals surface area (Å²) in [5.74, 6) is -0.222. The molecule has 0 bridgehead atoms. The first-order valence-electron chi connectivity index (χ1n) is 7.17. The van der Waals surface area contributed by atoms with Gasteiger partial charge < -0.3 is 15.2 Å². The van der Waals surface area contributed by atoms with E-state index >= 15 is 0 Å². The lowest BCUT2D eigenvalue weighted by Crippen LogP contribution is -2.38. The highest BCUT2D eigenvalue weighted by atomic mass is 32.2. The van der Waals surface area contributed by atoms with E-state index in [1.54, 1.807) is 6.92 Å². The topological polar surface area (TPSA) is 102 Å². The fraction of sp³-hybridized carbons (Fsp3) is 0.786. The lowest BCUT2D eigenvalue weighted by atomic mass is 9.79. The first kappa shape index (κ1) is 17.8. The van der Waals surface area contributed by atoms with Crippen LogP contribution in [-0.2, 0) is 19.1 Å². The highest BCUT2D eigenvalue weighted by Gasteiger charge is 2.55. The van der Waals surface area contributed by atoms with Crippen molar-refractivity contribution in [2.45, 2.75) is 46.1 Å². The molecule has 21 heavy (non-hydrogen) atoms. The van der Waals surface area contributed by atoms with Crippen molar-refractivity contribution in [2.75, 3.05) is 12.4 Å². The summed E-state index contributed by atoms with van der Waals surface area (Å²) in [6.45, 7) is 6.05. The van der Waals surface area contributed by atoms with E-state index in [-0.39, 0.29) is 11.8 Å². The number of hydrogen-bond acceptors (Lipinski definition) is 6. The Kier molecular flexibility index (Phi) is 6.51. The van der Waals surface area contributed by atoms with Crippen molar-refractivity contribution in [3.05, 3.63) is 0 Å². The molecule has 1 fully saturated rings. The molecular weight excluding hydrogens is 292 g/mol. The Balaban J connectivity index is 2.83. The number of amidine groups is 1. The molecule has 120 valence electrons. The van der Waals surface area contributed by atoms with Gasteiger partial charge >= 0.3 is 11.9 Å². The molecule has 0 aromatic rings. The zero-order valence-corrected chi connectivity index (χ0v) is 13.6. The van der Waals surface area contributed by atoms with Crippen molar-refractivity contribution in [3.8, 4) is 0 Å². The first-order chi connectivity index (χ1) is 9.81. The van der Waals surface area contributed by atoms with E-state index in [2.05, 4.69) is 0 Å². The van der Waals surface area contributed by atoms with Gasteiger partial charge in [0.15, 0.2) is 10.6 Å². The molecule has 1 heterocycles. The van der Waals surface area contributed by atoms with Crippen molar-refractivity contribution >= 4 is 28.9 Å². The van der Waals surface area contributed by atoms with Crippen LogP contribution in [0.3, 0.4) is 0 Å². The molecule has 1 aliphatic heterocycles. The maximum atomic E-state index is 12.3. The predicted octanol–water partition coefficient (Wildman–Crippen LogP) is 1.91. The number of carbonyl (C=O) groups is 2. The molecule has 0 amide bonds. The molecule has 7 heteroatoms. The summed E-state index contributed by atoms with van der Waals surface area (Å²) in [5, 5.41) is 7.18. The van der Waals surface area contributed by atoms with E-state index in [9.17, 15) is 9.59 Å². The normalized spacial score (nSPS) is 25.0. The number of esters is 2. The van der Waals surface area contributed by atoms with Crippen LogP contribution in [0, 0.1) is 16.7 Å². The lowest BCUT2D eigenvalue weighted by molar-refractivity contribution is -0.165. The minimum atomic E-state index is -1.19. The highest BCUT2D eigenvalue weighted by molar-refractivity contribution is 8.13. The van der Waals surface area contributed by atoms with Crippen LogP contribution in [0.2, 0.25) is 0 Å². The van der Waals surface area contributed by atoms with Crippen LogP contribution in [0.5, 0.6) is 0 Å². The number of nitrogens with one attached hydrogen (secondary N) is 1. The second kappa shape index (κ2) is 7.68. The number of hydrogen-bond donors (Lipinski definition) is 2. The third-order valence-electron chi connectivity index (χ3n) is 3.48. The summed E-state index contributed by atoms with van der Waals surface area (Å²) in [5.41, 5.74) is 4.10. The molecule has 1 aliphatic rings. The van der Waals surface area contributed by atoms with Crippen molar-refractivity contribution in [1.82, 2.24) is 0 Å². The summed E-state index contributed by atoms with van der Waals surface area (Å²) in [6, 6.07) is 0. The summed E-state index contributed by atoms with van der Waals surface area (Å²) >= 11 is 1.11. The SMILES string of the molecule is CCOC(=O)C1(CCC(C)C)CC(CSC(=N)N)OC1=O. The van der Waals surface area contributed by atoms with Gasteiger partial charge in [-0.3, -0.25) is 15.0 Å². The zero-order chi connectivity index (χ0) is 16.0. The monoisotopic (exact) mass is 316 g/mol. The van der Waals surface area contributed by atoms with Gasteiger partial charge in [-0.25, -0.2) is 0 Å². The molecule has 0 radical (unpaired) electrons.